The maximum atomic E-state index is 13.4. The highest BCUT2D eigenvalue weighted by Crippen LogP contribution is 2.41. The van der Waals surface area contributed by atoms with Gasteiger partial charge < -0.3 is 10.1 Å². The molecule has 2 heterocycles. The molecule has 2 N–H and O–H groups in total. The number of nitrogens with zero attached hydrogens (tertiary/aromatic N) is 2. The van der Waals surface area contributed by atoms with Crippen molar-refractivity contribution in [2.45, 2.75) is 44.4 Å². The molecule has 0 saturated heterocycles. The molecule has 1 aliphatic rings. The minimum atomic E-state index is -4.10. The number of hydrogen-bond acceptors (Lipinski definition) is 8. The van der Waals surface area contributed by atoms with E-state index in [-0.39, 0.29) is 28.2 Å². The number of aryl methyl sites for hydroxylation is 2. The van der Waals surface area contributed by atoms with Crippen LogP contribution in [-0.2, 0) is 27.6 Å². The van der Waals surface area contributed by atoms with Gasteiger partial charge in [0, 0.05) is 4.88 Å². The van der Waals surface area contributed by atoms with Crippen molar-refractivity contribution >= 4 is 66.6 Å². The summed E-state index contributed by atoms with van der Waals surface area (Å²) in [6, 6.07) is 11.9. The number of esters is 1. The van der Waals surface area contributed by atoms with Crippen LogP contribution < -0.4 is 10.0 Å². The highest BCUT2D eigenvalue weighted by atomic mass is 35.5. The molecule has 37 heavy (non-hydrogen) atoms. The lowest BCUT2D eigenvalue weighted by atomic mass is 9.95. The van der Waals surface area contributed by atoms with Crippen LogP contribution >= 0.6 is 22.9 Å². The molecule has 1 aliphatic carbocycles. The fraction of sp³-hybridized carbons (Fsp3) is 0.269. The van der Waals surface area contributed by atoms with Gasteiger partial charge in [-0.25, -0.2) is 23.2 Å². The van der Waals surface area contributed by atoms with Gasteiger partial charge in [0.2, 0.25) is 0 Å². The summed E-state index contributed by atoms with van der Waals surface area (Å²) in [7, 11) is -4.10. The average Bonchev–Trinajstić information content (AvgIpc) is 3.23. The maximum Gasteiger partial charge on any atom is 0.341 e. The largest absolute Gasteiger partial charge is 0.462 e. The molecule has 0 fully saturated rings. The van der Waals surface area contributed by atoms with Crippen molar-refractivity contribution in [1.29, 1.82) is 0 Å². The summed E-state index contributed by atoms with van der Waals surface area (Å²) >= 11 is 7.70. The van der Waals surface area contributed by atoms with Crippen molar-refractivity contribution in [3.8, 4) is 0 Å². The van der Waals surface area contributed by atoms with Gasteiger partial charge in [-0.1, -0.05) is 29.8 Å². The lowest BCUT2D eigenvalue weighted by Gasteiger charge is -2.15. The summed E-state index contributed by atoms with van der Waals surface area (Å²) in [6.07, 6.45) is 3.71. The molecule has 5 rings (SSSR count). The Bertz CT molecular complexity index is 1620. The second-order valence-electron chi connectivity index (χ2n) is 8.71. The molecule has 0 bridgehead atoms. The molecule has 0 atom stereocenters. The second-order valence-corrected chi connectivity index (χ2v) is 11.9. The molecular formula is C26H25ClN4O4S2. The molecule has 8 nitrogen and oxygen atoms in total. The standard InChI is InChI=1S/C26H25ClN4O4S2/c1-3-35-26(32)22-16-8-4-7-11-20(16)36-25(22)30-23-24(29-19-10-6-5-9-18(19)28-23)31-37(33,34)21-14-15(2)12-13-17(21)27/h5-6,9-10,12-14H,3-4,7-8,11H2,1-2H3,(H,28,30)(H,29,31). The van der Waals surface area contributed by atoms with Crippen molar-refractivity contribution in [3.05, 3.63) is 69.1 Å². The molecule has 0 spiro atoms. The first-order valence-electron chi connectivity index (χ1n) is 11.9. The van der Waals surface area contributed by atoms with Crippen LogP contribution in [0.3, 0.4) is 0 Å². The van der Waals surface area contributed by atoms with Crippen LogP contribution in [-0.4, -0.2) is 31.0 Å². The van der Waals surface area contributed by atoms with Crippen molar-refractivity contribution in [3.63, 3.8) is 0 Å². The zero-order valence-corrected chi connectivity index (χ0v) is 22.7. The van der Waals surface area contributed by atoms with E-state index in [2.05, 4.69) is 20.0 Å². The minimum Gasteiger partial charge on any atom is -0.462 e. The number of benzene rings is 2. The molecule has 4 aromatic rings. The van der Waals surface area contributed by atoms with Gasteiger partial charge in [0.25, 0.3) is 10.0 Å². The lowest BCUT2D eigenvalue weighted by molar-refractivity contribution is 0.0526. The van der Waals surface area contributed by atoms with Crippen molar-refractivity contribution < 1.29 is 17.9 Å². The molecule has 0 amide bonds. The highest BCUT2D eigenvalue weighted by Gasteiger charge is 2.28. The predicted octanol–water partition coefficient (Wildman–Crippen LogP) is 6.25. The number of thiophene rings is 1. The Kier molecular flexibility index (Phi) is 7.06. The second kappa shape index (κ2) is 10.3. The van der Waals surface area contributed by atoms with Gasteiger partial charge in [-0.05, 0) is 74.9 Å². The molecular weight excluding hydrogens is 532 g/mol. The SMILES string of the molecule is CCOC(=O)c1c(Nc2nc3ccccc3nc2NS(=O)(=O)c2cc(C)ccc2Cl)sc2c1CCCC2. The van der Waals surface area contributed by atoms with Gasteiger partial charge in [-0.2, -0.15) is 0 Å². The number of nitrogens with one attached hydrogen (secondary N) is 2. The predicted molar refractivity (Wildman–Crippen MR) is 147 cm³/mol. The van der Waals surface area contributed by atoms with Crippen LogP contribution in [0.2, 0.25) is 5.02 Å². The highest BCUT2D eigenvalue weighted by molar-refractivity contribution is 7.92. The van der Waals surface area contributed by atoms with Crippen LogP contribution in [0.4, 0.5) is 16.6 Å². The normalized spacial score (nSPS) is 13.3. The molecule has 0 radical (unpaired) electrons. The van der Waals surface area contributed by atoms with Gasteiger partial charge in [-0.15, -0.1) is 11.3 Å². The number of fused-ring (bicyclic) bond motifs is 2. The van der Waals surface area contributed by atoms with E-state index >= 15 is 0 Å². The van der Waals surface area contributed by atoms with E-state index in [0.717, 1.165) is 41.7 Å². The number of carbonyl (C=O) groups is 1. The molecule has 2 aromatic heterocycles. The van der Waals surface area contributed by atoms with Crippen LogP contribution in [0.1, 0.15) is 46.1 Å². The quantitative estimate of drug-likeness (QED) is 0.259. The van der Waals surface area contributed by atoms with Gasteiger partial charge in [-0.3, -0.25) is 4.72 Å². The fourth-order valence-corrected chi connectivity index (χ4v) is 7.21. The van der Waals surface area contributed by atoms with E-state index in [1.165, 1.54) is 17.4 Å². The third kappa shape index (κ3) is 5.14. The first kappa shape index (κ1) is 25.4. The van der Waals surface area contributed by atoms with Gasteiger partial charge in [0.05, 0.1) is 28.2 Å². The number of anilines is 3. The Hall–Kier alpha value is -3.21. The van der Waals surface area contributed by atoms with Crippen LogP contribution in [0.5, 0.6) is 0 Å². The van der Waals surface area contributed by atoms with Crippen molar-refractivity contribution in [2.24, 2.45) is 0 Å². The number of hydrogen-bond donors (Lipinski definition) is 2. The van der Waals surface area contributed by atoms with E-state index in [0.29, 0.717) is 21.6 Å². The summed E-state index contributed by atoms with van der Waals surface area (Å²) < 4.78 is 34.7. The van der Waals surface area contributed by atoms with E-state index in [9.17, 15) is 13.2 Å². The summed E-state index contributed by atoms with van der Waals surface area (Å²) in [5.41, 5.74) is 3.29. The minimum absolute atomic E-state index is 0.00236. The van der Waals surface area contributed by atoms with Gasteiger partial charge in [0.15, 0.2) is 11.6 Å². The molecule has 0 aliphatic heterocycles. The summed E-state index contributed by atoms with van der Waals surface area (Å²) in [5, 5.41) is 3.87. The Morgan fingerprint density at radius 1 is 1.08 bits per heavy atom. The van der Waals surface area contributed by atoms with E-state index in [1.54, 1.807) is 44.2 Å². The third-order valence-electron chi connectivity index (χ3n) is 6.06. The van der Waals surface area contributed by atoms with Crippen LogP contribution in [0.15, 0.2) is 47.4 Å². The lowest BCUT2D eigenvalue weighted by Crippen LogP contribution is -2.17. The fourth-order valence-electron chi connectivity index (χ4n) is 4.34. The molecule has 11 heteroatoms. The van der Waals surface area contributed by atoms with Crippen LogP contribution in [0.25, 0.3) is 11.0 Å². The Balaban J connectivity index is 1.62. The zero-order chi connectivity index (χ0) is 26.2. The van der Waals surface area contributed by atoms with Crippen molar-refractivity contribution in [2.75, 3.05) is 16.6 Å². The van der Waals surface area contributed by atoms with E-state index in [4.69, 9.17) is 16.3 Å². The smallest absolute Gasteiger partial charge is 0.341 e. The zero-order valence-electron chi connectivity index (χ0n) is 20.3. The van der Waals surface area contributed by atoms with Gasteiger partial charge in [0.1, 0.15) is 9.90 Å². The first-order valence-corrected chi connectivity index (χ1v) is 14.6. The summed E-state index contributed by atoms with van der Waals surface area (Å²) in [4.78, 5) is 23.2. The van der Waals surface area contributed by atoms with E-state index < -0.39 is 16.0 Å². The Labute approximate surface area is 224 Å². The van der Waals surface area contributed by atoms with Gasteiger partial charge >= 0.3 is 5.97 Å². The maximum absolute atomic E-state index is 13.4. The Morgan fingerprint density at radius 3 is 2.51 bits per heavy atom. The Morgan fingerprint density at radius 2 is 1.78 bits per heavy atom. The molecule has 0 saturated carbocycles. The third-order valence-corrected chi connectivity index (χ3v) is 9.09. The molecule has 0 unspecified atom stereocenters. The molecule has 2 aromatic carbocycles. The average molecular weight is 557 g/mol. The molecule has 192 valence electrons. The summed E-state index contributed by atoms with van der Waals surface area (Å²) in [6.45, 7) is 3.80. The number of rotatable bonds is 7. The van der Waals surface area contributed by atoms with Crippen molar-refractivity contribution in [1.82, 2.24) is 9.97 Å². The van der Waals surface area contributed by atoms with E-state index in [1.807, 2.05) is 6.07 Å². The van der Waals surface area contributed by atoms with Crippen LogP contribution in [0, 0.1) is 6.92 Å². The number of sulfonamides is 1. The number of para-hydroxylation sites is 2. The number of halogens is 1. The number of aromatic nitrogens is 2. The number of carbonyl (C=O) groups excluding carboxylic acids is 1. The number of ether oxygens (including phenoxy) is 1. The summed E-state index contributed by atoms with van der Waals surface area (Å²) in [5.74, 6) is -0.237. The topological polar surface area (TPSA) is 110 Å². The monoisotopic (exact) mass is 556 g/mol. The first-order chi connectivity index (χ1) is 17.8.